The number of aromatic amines is 1. The average Bonchev–Trinajstić information content (AvgIpc) is 2.75. The number of alkyl halides is 1. The molecule has 0 atom stereocenters. The second-order valence-corrected chi connectivity index (χ2v) is 7.95. The predicted octanol–water partition coefficient (Wildman–Crippen LogP) is 1.67. The van der Waals surface area contributed by atoms with Crippen LogP contribution in [-0.2, 0) is 15.9 Å². The quantitative estimate of drug-likeness (QED) is 0.733. The maximum Gasteiger partial charge on any atom is 0.262 e. The minimum atomic E-state index is -3.63. The Bertz CT molecular complexity index is 555. The van der Waals surface area contributed by atoms with E-state index in [9.17, 15) is 8.42 Å². The van der Waals surface area contributed by atoms with E-state index in [-0.39, 0.29) is 16.8 Å². The van der Waals surface area contributed by atoms with E-state index < -0.39 is 10.0 Å². The summed E-state index contributed by atoms with van der Waals surface area (Å²) in [6, 6.07) is 0. The minimum absolute atomic E-state index is 0.0504. The molecule has 0 unspecified atom stereocenters. The lowest BCUT2D eigenvalue weighted by Gasteiger charge is -2.24. The molecule has 0 bridgehead atoms. The van der Waals surface area contributed by atoms with Gasteiger partial charge in [0.1, 0.15) is 0 Å². The van der Waals surface area contributed by atoms with E-state index in [4.69, 9.17) is 11.6 Å². The van der Waals surface area contributed by atoms with Crippen molar-refractivity contribution in [3.63, 3.8) is 0 Å². The van der Waals surface area contributed by atoms with Crippen molar-refractivity contribution in [3.8, 4) is 0 Å². The van der Waals surface area contributed by atoms with Gasteiger partial charge in [-0.1, -0.05) is 13.8 Å². The molecule has 1 aromatic heterocycles. The van der Waals surface area contributed by atoms with Crippen LogP contribution in [0.25, 0.3) is 0 Å². The molecule has 122 valence electrons. The zero-order valence-electron chi connectivity index (χ0n) is 13.4. The van der Waals surface area contributed by atoms with Crippen molar-refractivity contribution in [1.82, 2.24) is 19.4 Å². The number of nitrogens with zero attached hydrogens (tertiary/aromatic N) is 3. The molecule has 0 amide bonds. The fraction of sp³-hybridized carbons (Fsp3) is 0.769. The van der Waals surface area contributed by atoms with Crippen molar-refractivity contribution in [1.29, 1.82) is 0 Å². The zero-order valence-corrected chi connectivity index (χ0v) is 14.9. The highest BCUT2D eigenvalue weighted by Crippen LogP contribution is 2.22. The van der Waals surface area contributed by atoms with Crippen LogP contribution in [0.4, 0.5) is 0 Å². The third kappa shape index (κ3) is 4.67. The Labute approximate surface area is 132 Å². The third-order valence-corrected chi connectivity index (χ3v) is 5.22. The van der Waals surface area contributed by atoms with Gasteiger partial charge < -0.3 is 4.90 Å². The van der Waals surface area contributed by atoms with Crippen molar-refractivity contribution in [2.24, 2.45) is 5.92 Å². The maximum atomic E-state index is 12.8. The molecule has 0 saturated carbocycles. The van der Waals surface area contributed by atoms with Gasteiger partial charge in [0, 0.05) is 30.9 Å². The van der Waals surface area contributed by atoms with Crippen molar-refractivity contribution in [2.75, 3.05) is 33.7 Å². The Balaban J connectivity index is 3.13. The van der Waals surface area contributed by atoms with Gasteiger partial charge in [0.15, 0.2) is 5.03 Å². The molecule has 0 radical (unpaired) electrons. The van der Waals surface area contributed by atoms with Gasteiger partial charge in [0.2, 0.25) is 0 Å². The summed E-state index contributed by atoms with van der Waals surface area (Å²) in [6.07, 6.45) is 0. The first-order chi connectivity index (χ1) is 9.70. The Morgan fingerprint density at radius 2 is 1.90 bits per heavy atom. The van der Waals surface area contributed by atoms with Gasteiger partial charge in [-0.05, 0) is 26.9 Å². The lowest BCUT2D eigenvalue weighted by atomic mass is 10.2. The van der Waals surface area contributed by atoms with Crippen LogP contribution in [0, 0.1) is 12.8 Å². The van der Waals surface area contributed by atoms with Gasteiger partial charge in [0.05, 0.1) is 5.88 Å². The molecule has 0 aliphatic heterocycles. The molecule has 8 heteroatoms. The van der Waals surface area contributed by atoms with Gasteiger partial charge in [-0.15, -0.1) is 11.6 Å². The fourth-order valence-electron chi connectivity index (χ4n) is 1.95. The smallest absolute Gasteiger partial charge is 0.262 e. The first-order valence-corrected chi connectivity index (χ1v) is 8.92. The monoisotopic (exact) mass is 336 g/mol. The number of hydrogen-bond donors (Lipinski definition) is 1. The largest absolute Gasteiger partial charge is 0.308 e. The standard InChI is InChI=1S/C13H25ClN4O2S/c1-10(2)9-18(7-6-17(4)5)21(19,20)13-12(8-14)11(3)15-16-13/h10H,6-9H2,1-5H3,(H,15,16). The second kappa shape index (κ2) is 7.58. The predicted molar refractivity (Wildman–Crippen MR) is 85.0 cm³/mol. The summed E-state index contributed by atoms with van der Waals surface area (Å²) in [4.78, 5) is 1.96. The highest BCUT2D eigenvalue weighted by Gasteiger charge is 2.30. The Morgan fingerprint density at radius 3 is 2.38 bits per heavy atom. The van der Waals surface area contributed by atoms with E-state index in [0.29, 0.717) is 30.9 Å². The molecular weight excluding hydrogens is 312 g/mol. The van der Waals surface area contributed by atoms with E-state index in [1.807, 2.05) is 32.8 Å². The molecule has 0 aromatic carbocycles. The number of rotatable bonds is 8. The van der Waals surface area contributed by atoms with Crippen LogP contribution >= 0.6 is 11.6 Å². The van der Waals surface area contributed by atoms with Gasteiger partial charge in [-0.3, -0.25) is 5.10 Å². The number of halogens is 1. The molecule has 0 aliphatic carbocycles. The molecule has 1 heterocycles. The van der Waals surface area contributed by atoms with Gasteiger partial charge in [-0.2, -0.15) is 9.40 Å². The number of nitrogens with one attached hydrogen (secondary N) is 1. The van der Waals surface area contributed by atoms with E-state index in [0.717, 1.165) is 0 Å². The lowest BCUT2D eigenvalue weighted by molar-refractivity contribution is 0.312. The summed E-state index contributed by atoms with van der Waals surface area (Å²) in [5.74, 6) is 0.363. The zero-order chi connectivity index (χ0) is 16.2. The van der Waals surface area contributed by atoms with Crippen LogP contribution < -0.4 is 0 Å². The Kier molecular flexibility index (Phi) is 6.65. The van der Waals surface area contributed by atoms with Gasteiger partial charge >= 0.3 is 0 Å². The molecule has 1 N–H and O–H groups in total. The van der Waals surface area contributed by atoms with Crippen LogP contribution in [-0.4, -0.2) is 61.5 Å². The van der Waals surface area contributed by atoms with Crippen molar-refractivity contribution >= 4 is 21.6 Å². The highest BCUT2D eigenvalue weighted by molar-refractivity contribution is 7.89. The molecular formula is C13H25ClN4O2S. The number of H-pyrrole nitrogens is 1. The molecule has 0 saturated heterocycles. The van der Waals surface area contributed by atoms with Crippen molar-refractivity contribution in [3.05, 3.63) is 11.3 Å². The maximum absolute atomic E-state index is 12.8. The fourth-order valence-corrected chi connectivity index (χ4v) is 4.12. The van der Waals surface area contributed by atoms with E-state index in [1.165, 1.54) is 4.31 Å². The normalized spacial score (nSPS) is 12.8. The molecule has 6 nitrogen and oxygen atoms in total. The van der Waals surface area contributed by atoms with E-state index in [2.05, 4.69) is 10.2 Å². The molecule has 0 fully saturated rings. The SMILES string of the molecule is Cc1[nH]nc(S(=O)(=O)N(CCN(C)C)CC(C)C)c1CCl. The number of aryl methyl sites for hydroxylation is 1. The molecule has 1 rings (SSSR count). The molecule has 1 aromatic rings. The summed E-state index contributed by atoms with van der Waals surface area (Å²) in [6.45, 7) is 7.32. The number of hydrogen-bond acceptors (Lipinski definition) is 4. The summed E-state index contributed by atoms with van der Waals surface area (Å²) < 4.78 is 27.2. The van der Waals surface area contributed by atoms with Crippen molar-refractivity contribution in [2.45, 2.75) is 31.7 Å². The van der Waals surface area contributed by atoms with Crippen molar-refractivity contribution < 1.29 is 8.42 Å². The molecule has 0 aliphatic rings. The molecule has 0 spiro atoms. The topological polar surface area (TPSA) is 69.3 Å². The van der Waals surface area contributed by atoms with Gasteiger partial charge in [-0.25, -0.2) is 8.42 Å². The van der Waals surface area contributed by atoms with Crippen LogP contribution in [0.3, 0.4) is 0 Å². The molecule has 21 heavy (non-hydrogen) atoms. The first-order valence-electron chi connectivity index (χ1n) is 6.94. The Hall–Kier alpha value is -0.630. The summed E-state index contributed by atoms with van der Waals surface area (Å²) in [5.41, 5.74) is 1.25. The lowest BCUT2D eigenvalue weighted by Crippen LogP contribution is -2.39. The average molecular weight is 337 g/mol. The number of likely N-dealkylation sites (N-methyl/N-ethyl adjacent to an activating group) is 1. The summed E-state index contributed by atoms with van der Waals surface area (Å²) in [7, 11) is 0.206. The first kappa shape index (κ1) is 18.4. The number of aromatic nitrogens is 2. The third-order valence-electron chi connectivity index (χ3n) is 3.12. The van der Waals surface area contributed by atoms with E-state index >= 15 is 0 Å². The van der Waals surface area contributed by atoms with Crippen LogP contribution in [0.2, 0.25) is 0 Å². The highest BCUT2D eigenvalue weighted by atomic mass is 35.5. The van der Waals surface area contributed by atoms with Crippen LogP contribution in [0.1, 0.15) is 25.1 Å². The van der Waals surface area contributed by atoms with Crippen LogP contribution in [0.5, 0.6) is 0 Å². The second-order valence-electron chi connectivity index (χ2n) is 5.83. The summed E-state index contributed by atoms with van der Waals surface area (Å²) in [5, 5.41) is 6.73. The van der Waals surface area contributed by atoms with Gasteiger partial charge in [0.25, 0.3) is 10.0 Å². The van der Waals surface area contributed by atoms with Crippen LogP contribution in [0.15, 0.2) is 5.03 Å². The number of sulfonamides is 1. The summed E-state index contributed by atoms with van der Waals surface area (Å²) >= 11 is 5.87. The minimum Gasteiger partial charge on any atom is -0.308 e. The van der Waals surface area contributed by atoms with E-state index in [1.54, 1.807) is 6.92 Å². The Morgan fingerprint density at radius 1 is 1.29 bits per heavy atom.